The van der Waals surface area contributed by atoms with Crippen molar-refractivity contribution in [2.75, 3.05) is 20.3 Å². The summed E-state index contributed by atoms with van der Waals surface area (Å²) >= 11 is 1.45. The highest BCUT2D eigenvalue weighted by Gasteiger charge is 2.18. The van der Waals surface area contributed by atoms with Gasteiger partial charge in [-0.3, -0.25) is 4.79 Å². The molecular formula is C21H23FN2O2S. The van der Waals surface area contributed by atoms with Crippen molar-refractivity contribution in [2.24, 2.45) is 0 Å². The van der Waals surface area contributed by atoms with Crippen molar-refractivity contribution >= 4 is 17.2 Å². The molecule has 6 heteroatoms. The minimum Gasteiger partial charge on any atom is -0.385 e. The lowest BCUT2D eigenvalue weighted by atomic mass is 10.2. The highest BCUT2D eigenvalue weighted by Crippen LogP contribution is 2.17. The Morgan fingerprint density at radius 2 is 2.11 bits per heavy atom. The van der Waals surface area contributed by atoms with Crippen molar-refractivity contribution in [3.05, 3.63) is 82.1 Å². The fourth-order valence-electron chi connectivity index (χ4n) is 2.98. The minimum absolute atomic E-state index is 0.0274. The van der Waals surface area contributed by atoms with E-state index in [4.69, 9.17) is 4.74 Å². The van der Waals surface area contributed by atoms with Crippen LogP contribution in [0.2, 0.25) is 0 Å². The first-order valence-corrected chi connectivity index (χ1v) is 9.75. The monoisotopic (exact) mass is 386 g/mol. The van der Waals surface area contributed by atoms with E-state index >= 15 is 0 Å². The number of methoxy groups -OCH3 is 1. The van der Waals surface area contributed by atoms with Gasteiger partial charge in [0.15, 0.2) is 0 Å². The van der Waals surface area contributed by atoms with E-state index < -0.39 is 0 Å². The molecule has 3 rings (SSSR count). The van der Waals surface area contributed by atoms with Gasteiger partial charge in [-0.15, -0.1) is 11.3 Å². The van der Waals surface area contributed by atoms with E-state index in [1.54, 1.807) is 13.2 Å². The lowest BCUT2D eigenvalue weighted by Crippen LogP contribution is -2.32. The van der Waals surface area contributed by atoms with Crippen LogP contribution in [0.5, 0.6) is 0 Å². The number of aromatic nitrogens is 1. The van der Waals surface area contributed by atoms with Crippen molar-refractivity contribution in [2.45, 2.75) is 19.5 Å². The summed E-state index contributed by atoms with van der Waals surface area (Å²) in [7, 11) is 1.66. The summed E-state index contributed by atoms with van der Waals surface area (Å²) in [5, 5.41) is 1.91. The van der Waals surface area contributed by atoms with Crippen LogP contribution in [0.15, 0.2) is 60.1 Å². The van der Waals surface area contributed by atoms with Gasteiger partial charge in [-0.1, -0.05) is 18.2 Å². The molecule has 1 aromatic carbocycles. The van der Waals surface area contributed by atoms with Crippen LogP contribution in [0.25, 0.3) is 0 Å². The molecule has 3 aromatic rings. The zero-order valence-corrected chi connectivity index (χ0v) is 16.1. The predicted molar refractivity (Wildman–Crippen MR) is 105 cm³/mol. The third kappa shape index (κ3) is 5.28. The second kappa shape index (κ2) is 9.48. The maximum atomic E-state index is 13.5. The lowest BCUT2D eigenvalue weighted by molar-refractivity contribution is 0.0724. The Morgan fingerprint density at radius 1 is 1.22 bits per heavy atom. The summed E-state index contributed by atoms with van der Waals surface area (Å²) in [4.78, 5) is 15.5. The van der Waals surface area contributed by atoms with E-state index in [0.29, 0.717) is 26.2 Å². The molecule has 0 aliphatic heterocycles. The second-order valence-electron chi connectivity index (χ2n) is 6.31. The molecule has 0 aliphatic rings. The normalized spacial score (nSPS) is 10.9. The average Bonchev–Trinajstić information content (AvgIpc) is 3.33. The predicted octanol–water partition coefficient (Wildman–Crippen LogP) is 4.42. The van der Waals surface area contributed by atoms with Crippen LogP contribution in [0, 0.1) is 5.82 Å². The van der Waals surface area contributed by atoms with E-state index in [1.807, 2.05) is 46.8 Å². The Morgan fingerprint density at radius 3 is 2.85 bits per heavy atom. The number of hydrogen-bond donors (Lipinski definition) is 0. The number of halogens is 1. The standard InChI is InChI=1S/C21H23FN2O2S/c1-26-12-5-11-24(21(25)20-9-4-13-27-20)16-19-8-3-10-23(19)15-17-6-2-7-18(22)14-17/h2-4,6-10,13-14H,5,11-12,15-16H2,1H3. The first-order valence-electron chi connectivity index (χ1n) is 8.87. The fourth-order valence-corrected chi connectivity index (χ4v) is 3.67. The van der Waals surface area contributed by atoms with Crippen molar-refractivity contribution in [1.29, 1.82) is 0 Å². The van der Waals surface area contributed by atoms with Crippen molar-refractivity contribution in [1.82, 2.24) is 9.47 Å². The van der Waals surface area contributed by atoms with Gasteiger partial charge in [0.05, 0.1) is 11.4 Å². The highest BCUT2D eigenvalue weighted by atomic mass is 32.1. The maximum absolute atomic E-state index is 13.5. The number of amides is 1. The molecule has 0 aliphatic carbocycles. The molecule has 0 bridgehead atoms. The van der Waals surface area contributed by atoms with E-state index in [1.165, 1.54) is 23.5 Å². The van der Waals surface area contributed by atoms with Gasteiger partial charge in [-0.2, -0.15) is 0 Å². The molecule has 0 unspecified atom stereocenters. The summed E-state index contributed by atoms with van der Waals surface area (Å²) < 4.78 is 20.7. The number of carbonyl (C=O) groups is 1. The van der Waals surface area contributed by atoms with Gasteiger partial charge < -0.3 is 14.2 Å². The summed E-state index contributed by atoms with van der Waals surface area (Å²) in [6, 6.07) is 14.3. The first kappa shape index (κ1) is 19.3. The molecule has 2 heterocycles. The second-order valence-corrected chi connectivity index (χ2v) is 7.26. The number of nitrogens with zero attached hydrogens (tertiary/aromatic N) is 2. The van der Waals surface area contributed by atoms with Crippen LogP contribution in [0.3, 0.4) is 0 Å². The molecular weight excluding hydrogens is 363 g/mol. The zero-order valence-electron chi connectivity index (χ0n) is 15.3. The van der Waals surface area contributed by atoms with Gasteiger partial charge >= 0.3 is 0 Å². The summed E-state index contributed by atoms with van der Waals surface area (Å²) in [5.41, 5.74) is 1.91. The largest absolute Gasteiger partial charge is 0.385 e. The van der Waals surface area contributed by atoms with E-state index in [0.717, 1.165) is 22.6 Å². The SMILES string of the molecule is COCCCN(Cc1cccn1Cc1cccc(F)c1)C(=O)c1cccs1. The van der Waals surface area contributed by atoms with Gasteiger partial charge in [-0.25, -0.2) is 4.39 Å². The molecule has 4 nitrogen and oxygen atoms in total. The number of hydrogen-bond acceptors (Lipinski definition) is 3. The van der Waals surface area contributed by atoms with Crippen LogP contribution < -0.4 is 0 Å². The van der Waals surface area contributed by atoms with E-state index in [9.17, 15) is 9.18 Å². The Kier molecular flexibility index (Phi) is 6.79. The summed E-state index contributed by atoms with van der Waals surface area (Å²) in [5.74, 6) is -0.213. The number of thiophene rings is 1. The van der Waals surface area contributed by atoms with Gasteiger partial charge in [0.1, 0.15) is 5.82 Å². The van der Waals surface area contributed by atoms with Crippen LogP contribution in [0.1, 0.15) is 27.3 Å². The average molecular weight is 386 g/mol. The number of rotatable bonds is 9. The molecule has 0 radical (unpaired) electrons. The number of benzene rings is 1. The maximum Gasteiger partial charge on any atom is 0.264 e. The summed E-state index contributed by atoms with van der Waals surface area (Å²) in [6.45, 7) is 2.30. The van der Waals surface area contributed by atoms with Gasteiger partial charge in [0, 0.05) is 38.7 Å². The van der Waals surface area contributed by atoms with Gasteiger partial charge in [-0.05, 0) is 47.7 Å². The third-order valence-corrected chi connectivity index (χ3v) is 5.17. The number of ether oxygens (including phenoxy) is 1. The first-order chi connectivity index (χ1) is 13.2. The Labute approximate surface area is 162 Å². The van der Waals surface area contributed by atoms with E-state index in [2.05, 4.69) is 4.57 Å². The van der Waals surface area contributed by atoms with Crippen LogP contribution in [0.4, 0.5) is 4.39 Å². The number of carbonyl (C=O) groups excluding carboxylic acids is 1. The highest BCUT2D eigenvalue weighted by molar-refractivity contribution is 7.12. The Balaban J connectivity index is 1.75. The molecule has 27 heavy (non-hydrogen) atoms. The quantitative estimate of drug-likeness (QED) is 0.510. The Bertz CT molecular complexity index is 861. The molecule has 0 fully saturated rings. The van der Waals surface area contributed by atoms with Gasteiger partial charge in [0.2, 0.25) is 0 Å². The molecule has 0 saturated carbocycles. The molecule has 0 saturated heterocycles. The van der Waals surface area contributed by atoms with Crippen LogP contribution in [-0.4, -0.2) is 35.6 Å². The molecule has 142 valence electrons. The Hall–Kier alpha value is -2.44. The topological polar surface area (TPSA) is 34.5 Å². The molecule has 0 atom stereocenters. The van der Waals surface area contributed by atoms with Crippen molar-refractivity contribution in [3.8, 4) is 0 Å². The smallest absolute Gasteiger partial charge is 0.264 e. The zero-order chi connectivity index (χ0) is 19.1. The molecule has 2 aromatic heterocycles. The van der Waals surface area contributed by atoms with Crippen molar-refractivity contribution in [3.63, 3.8) is 0 Å². The fraction of sp³-hybridized carbons (Fsp3) is 0.286. The summed E-state index contributed by atoms with van der Waals surface area (Å²) in [6.07, 6.45) is 2.74. The molecule has 1 amide bonds. The minimum atomic E-state index is -0.240. The van der Waals surface area contributed by atoms with Crippen LogP contribution >= 0.6 is 11.3 Å². The third-order valence-electron chi connectivity index (χ3n) is 4.31. The molecule has 0 N–H and O–H groups in total. The van der Waals surface area contributed by atoms with Gasteiger partial charge in [0.25, 0.3) is 5.91 Å². The molecule has 0 spiro atoms. The van der Waals surface area contributed by atoms with Crippen molar-refractivity contribution < 1.29 is 13.9 Å². The van der Waals surface area contributed by atoms with E-state index in [-0.39, 0.29) is 11.7 Å². The lowest BCUT2D eigenvalue weighted by Gasteiger charge is -2.23. The van der Waals surface area contributed by atoms with Crippen LogP contribution in [-0.2, 0) is 17.8 Å².